The molecule has 1 aromatic rings. The van der Waals surface area contributed by atoms with Gasteiger partial charge in [0, 0.05) is 19.1 Å². The summed E-state index contributed by atoms with van der Waals surface area (Å²) in [6.45, 7) is 4.00. The summed E-state index contributed by atoms with van der Waals surface area (Å²) < 4.78 is 5.74. The molecule has 106 valence electrons. The van der Waals surface area contributed by atoms with Crippen LogP contribution in [0.25, 0.3) is 0 Å². The van der Waals surface area contributed by atoms with Gasteiger partial charge in [0.1, 0.15) is 12.4 Å². The number of hydrogen-bond acceptors (Lipinski definition) is 4. The molecule has 0 saturated carbocycles. The number of nitrogens with two attached hydrogens (primary N) is 1. The number of benzene rings is 1. The van der Waals surface area contributed by atoms with E-state index >= 15 is 0 Å². The van der Waals surface area contributed by atoms with Gasteiger partial charge in [-0.2, -0.15) is 0 Å². The van der Waals surface area contributed by atoms with Crippen LogP contribution < -0.4 is 10.5 Å². The fourth-order valence-corrected chi connectivity index (χ4v) is 2.59. The first-order valence-electron chi connectivity index (χ1n) is 7.03. The van der Waals surface area contributed by atoms with Crippen molar-refractivity contribution in [2.24, 2.45) is 0 Å². The van der Waals surface area contributed by atoms with Gasteiger partial charge in [-0.1, -0.05) is 12.1 Å². The highest BCUT2D eigenvalue weighted by Crippen LogP contribution is 2.19. The number of hydrogen-bond donors (Lipinski definition) is 1. The third-order valence-electron chi connectivity index (χ3n) is 3.84. The quantitative estimate of drug-likeness (QED) is 0.821. The Hall–Kier alpha value is -1.26. The minimum Gasteiger partial charge on any atom is -0.490 e. The van der Waals surface area contributed by atoms with Gasteiger partial charge < -0.3 is 15.4 Å². The van der Waals surface area contributed by atoms with E-state index in [2.05, 4.69) is 23.9 Å². The fraction of sp³-hybridized carbons (Fsp3) is 0.600. The third kappa shape index (κ3) is 4.11. The van der Waals surface area contributed by atoms with Crippen LogP contribution in [0.2, 0.25) is 0 Å². The van der Waals surface area contributed by atoms with Crippen molar-refractivity contribution in [3.8, 4) is 5.75 Å². The lowest BCUT2D eigenvalue weighted by Gasteiger charge is -2.35. The van der Waals surface area contributed by atoms with E-state index in [-0.39, 0.29) is 0 Å². The molecule has 1 aliphatic heterocycles. The maximum atomic E-state index is 5.85. The normalized spacial score (nSPS) is 20.7. The van der Waals surface area contributed by atoms with Crippen molar-refractivity contribution in [1.29, 1.82) is 0 Å². The molecule has 2 rings (SSSR count). The third-order valence-corrected chi connectivity index (χ3v) is 3.84. The predicted molar refractivity (Wildman–Crippen MR) is 79.5 cm³/mol. The van der Waals surface area contributed by atoms with Gasteiger partial charge in [-0.25, -0.2) is 0 Å². The van der Waals surface area contributed by atoms with Crippen LogP contribution in [-0.2, 0) is 0 Å². The number of para-hydroxylation sites is 2. The van der Waals surface area contributed by atoms with E-state index in [1.807, 2.05) is 24.3 Å². The van der Waals surface area contributed by atoms with E-state index < -0.39 is 0 Å². The van der Waals surface area contributed by atoms with Gasteiger partial charge in [0.2, 0.25) is 0 Å². The molecule has 1 heterocycles. The van der Waals surface area contributed by atoms with Gasteiger partial charge in [0.05, 0.1) is 5.69 Å². The zero-order chi connectivity index (χ0) is 13.7. The second-order valence-electron chi connectivity index (χ2n) is 5.43. The van der Waals surface area contributed by atoms with Crippen molar-refractivity contribution < 1.29 is 4.74 Å². The first-order valence-corrected chi connectivity index (χ1v) is 7.03. The summed E-state index contributed by atoms with van der Waals surface area (Å²) in [7, 11) is 4.38. The summed E-state index contributed by atoms with van der Waals surface area (Å²) in [5.74, 6) is 0.789. The maximum absolute atomic E-state index is 5.85. The van der Waals surface area contributed by atoms with Crippen LogP contribution >= 0.6 is 0 Å². The molecule has 1 aromatic carbocycles. The molecule has 4 nitrogen and oxygen atoms in total. The van der Waals surface area contributed by atoms with Gasteiger partial charge in [0.15, 0.2) is 0 Å². The van der Waals surface area contributed by atoms with Gasteiger partial charge in [-0.15, -0.1) is 0 Å². The monoisotopic (exact) mass is 263 g/mol. The molecule has 0 aliphatic carbocycles. The van der Waals surface area contributed by atoms with E-state index in [9.17, 15) is 0 Å². The van der Waals surface area contributed by atoms with E-state index in [1.54, 1.807) is 0 Å². The molecule has 2 N–H and O–H groups in total. The number of ether oxygens (including phenoxy) is 1. The Labute approximate surface area is 116 Å². The molecule has 1 fully saturated rings. The van der Waals surface area contributed by atoms with Gasteiger partial charge in [-0.05, 0) is 45.6 Å². The average molecular weight is 263 g/mol. The Morgan fingerprint density at radius 1 is 1.42 bits per heavy atom. The van der Waals surface area contributed by atoms with Gasteiger partial charge >= 0.3 is 0 Å². The smallest absolute Gasteiger partial charge is 0.142 e. The number of likely N-dealkylation sites (tertiary alicyclic amines) is 1. The highest BCUT2D eigenvalue weighted by Gasteiger charge is 2.20. The molecule has 0 aromatic heterocycles. The topological polar surface area (TPSA) is 41.7 Å². The molecule has 1 saturated heterocycles. The molecule has 4 heteroatoms. The van der Waals surface area contributed by atoms with Crippen molar-refractivity contribution in [2.75, 3.05) is 46.1 Å². The van der Waals surface area contributed by atoms with Crippen LogP contribution in [0.15, 0.2) is 24.3 Å². The summed E-state index contributed by atoms with van der Waals surface area (Å²) in [6, 6.07) is 8.31. The van der Waals surface area contributed by atoms with Crippen molar-refractivity contribution >= 4 is 5.69 Å². The highest BCUT2D eigenvalue weighted by atomic mass is 16.5. The van der Waals surface area contributed by atoms with Crippen LogP contribution in [0.5, 0.6) is 5.75 Å². The zero-order valence-electron chi connectivity index (χ0n) is 12.0. The van der Waals surface area contributed by atoms with Crippen LogP contribution in [-0.4, -0.2) is 56.2 Å². The predicted octanol–water partition coefficient (Wildman–Crippen LogP) is 1.67. The van der Waals surface area contributed by atoms with Crippen molar-refractivity contribution in [2.45, 2.75) is 18.9 Å². The molecule has 19 heavy (non-hydrogen) atoms. The van der Waals surface area contributed by atoms with Gasteiger partial charge in [-0.3, -0.25) is 4.90 Å². The number of rotatable bonds is 5. The summed E-state index contributed by atoms with van der Waals surface area (Å²) in [5.41, 5.74) is 6.56. The van der Waals surface area contributed by atoms with Crippen molar-refractivity contribution in [1.82, 2.24) is 9.80 Å². The average Bonchev–Trinajstić information content (AvgIpc) is 2.41. The molecular weight excluding hydrogens is 238 g/mol. The van der Waals surface area contributed by atoms with Crippen molar-refractivity contribution in [3.05, 3.63) is 24.3 Å². The highest BCUT2D eigenvalue weighted by molar-refractivity contribution is 5.51. The molecule has 1 atom stereocenters. The molecule has 0 amide bonds. The summed E-state index contributed by atoms with van der Waals surface area (Å²) in [5, 5.41) is 0. The second-order valence-corrected chi connectivity index (χ2v) is 5.43. The van der Waals surface area contributed by atoms with E-state index in [1.165, 1.54) is 19.4 Å². The maximum Gasteiger partial charge on any atom is 0.142 e. The number of nitrogen functional groups attached to an aromatic ring is 1. The van der Waals surface area contributed by atoms with Gasteiger partial charge in [0.25, 0.3) is 0 Å². The first kappa shape index (κ1) is 14.2. The second kappa shape index (κ2) is 6.78. The first-order chi connectivity index (χ1) is 9.16. The van der Waals surface area contributed by atoms with Crippen LogP contribution in [0.3, 0.4) is 0 Å². The molecule has 1 unspecified atom stereocenters. The Balaban J connectivity index is 1.74. The Morgan fingerprint density at radius 3 is 2.95 bits per heavy atom. The molecule has 0 bridgehead atoms. The summed E-state index contributed by atoms with van der Waals surface area (Å²) >= 11 is 0. The molecule has 1 aliphatic rings. The Kier molecular flexibility index (Phi) is 5.05. The number of nitrogens with zero attached hydrogens (tertiary/aromatic N) is 2. The number of likely N-dealkylation sites (N-methyl/N-ethyl adjacent to an activating group) is 2. The van der Waals surface area contributed by atoms with Crippen LogP contribution in [0.1, 0.15) is 12.8 Å². The summed E-state index contributed by atoms with van der Waals surface area (Å²) in [4.78, 5) is 4.80. The standard InChI is InChI=1S/C15H25N3O/c1-17-9-5-6-13(12-17)18(2)10-11-19-15-8-4-3-7-14(15)16/h3-4,7-8,13H,5-6,9-12,16H2,1-2H3. The lowest BCUT2D eigenvalue weighted by atomic mass is 10.1. The largest absolute Gasteiger partial charge is 0.490 e. The lowest BCUT2D eigenvalue weighted by molar-refractivity contribution is 0.119. The number of piperidine rings is 1. The molecular formula is C15H25N3O. The Morgan fingerprint density at radius 2 is 2.21 bits per heavy atom. The SMILES string of the molecule is CN1CCCC(N(C)CCOc2ccccc2N)C1. The van der Waals surface area contributed by atoms with E-state index in [4.69, 9.17) is 10.5 Å². The Bertz CT molecular complexity index is 397. The summed E-state index contributed by atoms with van der Waals surface area (Å²) in [6.07, 6.45) is 2.58. The van der Waals surface area contributed by atoms with Crippen molar-refractivity contribution in [3.63, 3.8) is 0 Å². The minimum atomic E-state index is 0.649. The van der Waals surface area contributed by atoms with Crippen LogP contribution in [0, 0.1) is 0 Å². The molecule has 0 spiro atoms. The minimum absolute atomic E-state index is 0.649. The molecule has 0 radical (unpaired) electrons. The van der Waals surface area contributed by atoms with E-state index in [0.717, 1.165) is 18.8 Å². The zero-order valence-corrected chi connectivity index (χ0v) is 12.0. The number of anilines is 1. The van der Waals surface area contributed by atoms with Crippen LogP contribution in [0.4, 0.5) is 5.69 Å². The van der Waals surface area contributed by atoms with E-state index in [0.29, 0.717) is 18.3 Å². The lowest BCUT2D eigenvalue weighted by Crippen LogP contribution is -2.46. The fourth-order valence-electron chi connectivity index (χ4n) is 2.59.